The Morgan fingerprint density at radius 2 is 2.08 bits per heavy atom. The average molecular weight is 395 g/mol. The highest BCUT2D eigenvalue weighted by Crippen LogP contribution is 2.32. The van der Waals surface area contributed by atoms with E-state index in [0.29, 0.717) is 25.9 Å². The lowest BCUT2D eigenvalue weighted by molar-refractivity contribution is -0.147. The van der Waals surface area contributed by atoms with E-state index in [2.05, 4.69) is 15.9 Å². The predicted octanol–water partition coefficient (Wildman–Crippen LogP) is 4.25. The Bertz CT molecular complexity index is 663. The number of benzene rings is 1. The second kappa shape index (κ2) is 8.47. The van der Waals surface area contributed by atoms with Gasteiger partial charge in [-0.3, -0.25) is 9.59 Å². The first-order valence-corrected chi connectivity index (χ1v) is 8.99. The van der Waals surface area contributed by atoms with Gasteiger partial charge in [-0.15, -0.1) is 0 Å². The van der Waals surface area contributed by atoms with Crippen LogP contribution in [0.15, 0.2) is 33.8 Å². The van der Waals surface area contributed by atoms with Gasteiger partial charge in [-0.1, -0.05) is 27.6 Å². The lowest BCUT2D eigenvalue weighted by Crippen LogP contribution is -2.26. The highest BCUT2D eigenvalue weighted by Gasteiger charge is 2.31. The molecule has 130 valence electrons. The van der Waals surface area contributed by atoms with Gasteiger partial charge in [0.2, 0.25) is 0 Å². The second-order valence-electron chi connectivity index (χ2n) is 5.89. The summed E-state index contributed by atoms with van der Waals surface area (Å²) in [6.45, 7) is 4.05. The maximum absolute atomic E-state index is 12.3. The zero-order chi connectivity index (χ0) is 17.7. The molecule has 0 saturated carbocycles. The molecule has 1 atom stereocenters. The van der Waals surface area contributed by atoms with Gasteiger partial charge >= 0.3 is 5.97 Å². The zero-order valence-corrected chi connectivity index (χ0v) is 15.9. The lowest BCUT2D eigenvalue weighted by atomic mass is 9.81. The molecule has 0 heterocycles. The third kappa shape index (κ3) is 4.26. The van der Waals surface area contributed by atoms with Crippen LogP contribution in [0, 0.1) is 5.92 Å². The maximum Gasteiger partial charge on any atom is 0.313 e. The van der Waals surface area contributed by atoms with Crippen molar-refractivity contribution in [3.05, 3.63) is 39.4 Å². The Hall–Kier alpha value is -1.62. The van der Waals surface area contributed by atoms with Crippen LogP contribution in [-0.2, 0) is 20.7 Å². The van der Waals surface area contributed by atoms with Crippen LogP contribution >= 0.6 is 15.9 Å². The summed E-state index contributed by atoms with van der Waals surface area (Å²) in [5.74, 6) is 0.442. The maximum atomic E-state index is 12.3. The largest absolute Gasteiger partial charge is 0.497 e. The topological polar surface area (TPSA) is 52.6 Å². The smallest absolute Gasteiger partial charge is 0.313 e. The van der Waals surface area contributed by atoms with E-state index >= 15 is 0 Å². The van der Waals surface area contributed by atoms with Crippen molar-refractivity contribution in [1.82, 2.24) is 0 Å². The number of methoxy groups -OCH3 is 1. The average Bonchev–Trinajstić information content (AvgIpc) is 2.56. The van der Waals surface area contributed by atoms with Crippen molar-refractivity contribution in [3.8, 4) is 5.75 Å². The molecule has 1 aromatic rings. The Labute approximate surface area is 151 Å². The molecule has 0 saturated heterocycles. The summed E-state index contributed by atoms with van der Waals surface area (Å²) in [5.41, 5.74) is 2.76. The van der Waals surface area contributed by atoms with Gasteiger partial charge in [0.25, 0.3) is 0 Å². The quantitative estimate of drug-likeness (QED) is 0.676. The lowest BCUT2D eigenvalue weighted by Gasteiger charge is -2.24. The highest BCUT2D eigenvalue weighted by molar-refractivity contribution is 9.10. The van der Waals surface area contributed by atoms with Gasteiger partial charge in [0.1, 0.15) is 5.75 Å². The fourth-order valence-electron chi connectivity index (χ4n) is 3.06. The van der Waals surface area contributed by atoms with Crippen LogP contribution in [0.25, 0.3) is 0 Å². The molecule has 1 aliphatic carbocycles. The Morgan fingerprint density at radius 3 is 2.71 bits per heavy atom. The summed E-state index contributed by atoms with van der Waals surface area (Å²) in [6.07, 6.45) is 2.34. The summed E-state index contributed by atoms with van der Waals surface area (Å²) < 4.78 is 11.3. The van der Waals surface area contributed by atoms with E-state index in [4.69, 9.17) is 9.47 Å². The second-order valence-corrected chi connectivity index (χ2v) is 6.74. The fraction of sp³-hybridized carbons (Fsp3) is 0.474. The van der Waals surface area contributed by atoms with Gasteiger partial charge in [0.15, 0.2) is 5.78 Å². The van der Waals surface area contributed by atoms with Gasteiger partial charge in [-0.05, 0) is 56.4 Å². The van der Waals surface area contributed by atoms with Crippen LogP contribution in [0.3, 0.4) is 0 Å². The minimum absolute atomic E-state index is 0.151. The first kappa shape index (κ1) is 18.7. The number of Topliss-reactive ketones (excluding diaryl/α,β-unsaturated/α-hetero) is 1. The number of esters is 1. The van der Waals surface area contributed by atoms with Crippen molar-refractivity contribution >= 4 is 27.7 Å². The van der Waals surface area contributed by atoms with E-state index in [-0.39, 0.29) is 17.7 Å². The number of rotatable bonds is 6. The number of ether oxygens (including phenoxy) is 2. The SMILES string of the molecule is CCOC(=O)C1CCC(=O)C(CCc2ccc(OC)cc2Br)=C1C. The number of carbonyl (C=O) groups is 2. The third-order valence-electron chi connectivity index (χ3n) is 4.47. The molecule has 0 spiro atoms. The molecule has 1 aliphatic rings. The number of halogens is 1. The van der Waals surface area contributed by atoms with Crippen LogP contribution < -0.4 is 4.74 Å². The van der Waals surface area contributed by atoms with Gasteiger partial charge in [0.05, 0.1) is 19.6 Å². The number of carbonyl (C=O) groups excluding carboxylic acids is 2. The van der Waals surface area contributed by atoms with Crippen molar-refractivity contribution in [1.29, 1.82) is 0 Å². The van der Waals surface area contributed by atoms with Crippen LogP contribution in [0.2, 0.25) is 0 Å². The molecular formula is C19H23BrO4. The first-order valence-electron chi connectivity index (χ1n) is 8.19. The molecule has 24 heavy (non-hydrogen) atoms. The molecule has 1 aromatic carbocycles. The molecule has 0 aromatic heterocycles. The standard InChI is InChI=1S/C19H23BrO4/c1-4-24-19(22)16-9-10-18(21)15(12(16)2)8-6-13-5-7-14(23-3)11-17(13)20/h5,7,11,16H,4,6,8-10H2,1-3H3. The van der Waals surface area contributed by atoms with E-state index in [0.717, 1.165) is 33.4 Å². The normalized spacial score (nSPS) is 17.8. The molecule has 0 amide bonds. The summed E-state index contributed by atoms with van der Waals surface area (Å²) in [7, 11) is 1.63. The van der Waals surface area contributed by atoms with E-state index in [1.807, 2.05) is 25.1 Å². The van der Waals surface area contributed by atoms with Crippen LogP contribution in [-0.4, -0.2) is 25.5 Å². The van der Waals surface area contributed by atoms with Crippen molar-refractivity contribution in [2.24, 2.45) is 5.92 Å². The van der Waals surface area contributed by atoms with Crippen molar-refractivity contribution in [3.63, 3.8) is 0 Å². The fourth-order valence-corrected chi connectivity index (χ4v) is 3.62. The first-order chi connectivity index (χ1) is 11.5. The molecule has 2 rings (SSSR count). The number of ketones is 1. The minimum Gasteiger partial charge on any atom is -0.497 e. The zero-order valence-electron chi connectivity index (χ0n) is 14.4. The van der Waals surface area contributed by atoms with E-state index in [9.17, 15) is 9.59 Å². The Balaban J connectivity index is 2.15. The van der Waals surface area contributed by atoms with Gasteiger partial charge in [-0.25, -0.2) is 0 Å². The van der Waals surface area contributed by atoms with Crippen molar-refractivity contribution in [2.75, 3.05) is 13.7 Å². The molecule has 0 bridgehead atoms. The minimum atomic E-state index is -0.281. The summed E-state index contributed by atoms with van der Waals surface area (Å²) in [6, 6.07) is 5.82. The number of allylic oxidation sites excluding steroid dienone is 1. The molecule has 0 fully saturated rings. The summed E-state index contributed by atoms with van der Waals surface area (Å²) in [4.78, 5) is 24.4. The Morgan fingerprint density at radius 1 is 1.33 bits per heavy atom. The molecule has 5 heteroatoms. The Kier molecular flexibility index (Phi) is 6.60. The van der Waals surface area contributed by atoms with Crippen molar-refractivity contribution < 1.29 is 19.1 Å². The predicted molar refractivity (Wildman–Crippen MR) is 96.1 cm³/mol. The van der Waals surface area contributed by atoms with Gasteiger partial charge in [-0.2, -0.15) is 0 Å². The van der Waals surface area contributed by atoms with E-state index < -0.39 is 0 Å². The van der Waals surface area contributed by atoms with Crippen molar-refractivity contribution in [2.45, 2.75) is 39.5 Å². The highest BCUT2D eigenvalue weighted by atomic mass is 79.9. The van der Waals surface area contributed by atoms with Crippen LogP contribution in [0.4, 0.5) is 0 Å². The molecule has 0 aliphatic heterocycles. The molecule has 0 radical (unpaired) electrons. The van der Waals surface area contributed by atoms with E-state index in [1.165, 1.54) is 0 Å². The summed E-state index contributed by atoms with van der Waals surface area (Å²) >= 11 is 3.54. The van der Waals surface area contributed by atoms with Gasteiger partial charge < -0.3 is 9.47 Å². The number of hydrogen-bond donors (Lipinski definition) is 0. The number of aryl methyl sites for hydroxylation is 1. The third-order valence-corrected chi connectivity index (χ3v) is 5.21. The summed E-state index contributed by atoms with van der Waals surface area (Å²) in [5, 5.41) is 0. The molecular weight excluding hydrogens is 372 g/mol. The van der Waals surface area contributed by atoms with Crippen LogP contribution in [0.1, 0.15) is 38.7 Å². The molecule has 1 unspecified atom stereocenters. The van der Waals surface area contributed by atoms with Crippen LogP contribution in [0.5, 0.6) is 5.75 Å². The molecule has 4 nitrogen and oxygen atoms in total. The number of hydrogen-bond acceptors (Lipinski definition) is 4. The molecule has 0 N–H and O–H groups in total. The van der Waals surface area contributed by atoms with Gasteiger partial charge in [0, 0.05) is 10.9 Å². The monoisotopic (exact) mass is 394 g/mol. The van der Waals surface area contributed by atoms with E-state index in [1.54, 1.807) is 14.0 Å².